The molecule has 0 saturated heterocycles. The van der Waals surface area contributed by atoms with E-state index in [2.05, 4.69) is 67.4 Å². The SMILES string of the molecule is CC(CCN)N(C)Cc1ccc(-c2ccccc2)cc1. The summed E-state index contributed by atoms with van der Waals surface area (Å²) in [5.41, 5.74) is 9.50. The zero-order chi connectivity index (χ0) is 14.4. The minimum atomic E-state index is 0.522. The molecular formula is C18H24N2. The molecule has 2 aromatic carbocycles. The van der Waals surface area contributed by atoms with Gasteiger partial charge in [-0.05, 0) is 43.6 Å². The largest absolute Gasteiger partial charge is 0.330 e. The van der Waals surface area contributed by atoms with Crippen molar-refractivity contribution in [3.05, 3.63) is 60.2 Å². The first-order valence-corrected chi connectivity index (χ1v) is 7.25. The second-order valence-electron chi connectivity index (χ2n) is 5.40. The normalized spacial score (nSPS) is 12.6. The van der Waals surface area contributed by atoms with Crippen molar-refractivity contribution < 1.29 is 0 Å². The lowest BCUT2D eigenvalue weighted by atomic mass is 10.0. The Bertz CT molecular complexity index is 505. The van der Waals surface area contributed by atoms with Gasteiger partial charge in [-0.15, -0.1) is 0 Å². The van der Waals surface area contributed by atoms with Crippen LogP contribution >= 0.6 is 0 Å². The maximum absolute atomic E-state index is 5.62. The predicted octanol–water partition coefficient (Wildman–Crippen LogP) is 3.52. The van der Waals surface area contributed by atoms with Gasteiger partial charge in [0.25, 0.3) is 0 Å². The monoisotopic (exact) mass is 268 g/mol. The van der Waals surface area contributed by atoms with Gasteiger partial charge in [-0.1, -0.05) is 54.6 Å². The number of hydrogen-bond acceptors (Lipinski definition) is 2. The number of nitrogens with two attached hydrogens (primary N) is 1. The molecule has 0 aromatic heterocycles. The van der Waals surface area contributed by atoms with Crippen LogP contribution in [-0.2, 0) is 6.54 Å². The van der Waals surface area contributed by atoms with Gasteiger partial charge in [0.2, 0.25) is 0 Å². The van der Waals surface area contributed by atoms with E-state index in [1.165, 1.54) is 16.7 Å². The molecule has 0 heterocycles. The van der Waals surface area contributed by atoms with Crippen molar-refractivity contribution >= 4 is 0 Å². The van der Waals surface area contributed by atoms with Crippen LogP contribution in [0.3, 0.4) is 0 Å². The van der Waals surface area contributed by atoms with Crippen molar-refractivity contribution in [3.63, 3.8) is 0 Å². The van der Waals surface area contributed by atoms with E-state index in [-0.39, 0.29) is 0 Å². The Morgan fingerprint density at radius 1 is 0.950 bits per heavy atom. The van der Waals surface area contributed by atoms with Gasteiger partial charge < -0.3 is 5.73 Å². The third-order valence-electron chi connectivity index (χ3n) is 3.83. The molecule has 0 aliphatic rings. The molecule has 0 spiro atoms. The number of nitrogens with zero attached hydrogens (tertiary/aromatic N) is 1. The summed E-state index contributed by atoms with van der Waals surface area (Å²) in [5, 5.41) is 0. The lowest BCUT2D eigenvalue weighted by Gasteiger charge is -2.24. The van der Waals surface area contributed by atoms with Gasteiger partial charge in [-0.2, -0.15) is 0 Å². The van der Waals surface area contributed by atoms with Gasteiger partial charge in [0.1, 0.15) is 0 Å². The third-order valence-corrected chi connectivity index (χ3v) is 3.83. The van der Waals surface area contributed by atoms with Crippen molar-refractivity contribution in [3.8, 4) is 11.1 Å². The van der Waals surface area contributed by atoms with Gasteiger partial charge >= 0.3 is 0 Å². The van der Waals surface area contributed by atoms with E-state index < -0.39 is 0 Å². The predicted molar refractivity (Wildman–Crippen MR) is 86.5 cm³/mol. The van der Waals surface area contributed by atoms with E-state index in [4.69, 9.17) is 5.73 Å². The van der Waals surface area contributed by atoms with Crippen molar-refractivity contribution in [2.45, 2.75) is 25.9 Å². The summed E-state index contributed by atoms with van der Waals surface area (Å²) >= 11 is 0. The Morgan fingerprint density at radius 2 is 1.55 bits per heavy atom. The summed E-state index contributed by atoms with van der Waals surface area (Å²) in [6.45, 7) is 3.94. The van der Waals surface area contributed by atoms with Gasteiger partial charge in [0.05, 0.1) is 0 Å². The minimum absolute atomic E-state index is 0.522. The second kappa shape index (κ2) is 7.22. The average Bonchev–Trinajstić information content (AvgIpc) is 2.49. The summed E-state index contributed by atoms with van der Waals surface area (Å²) in [6, 6.07) is 19.8. The second-order valence-corrected chi connectivity index (χ2v) is 5.40. The molecule has 0 fully saturated rings. The van der Waals surface area contributed by atoms with Gasteiger partial charge in [-0.3, -0.25) is 4.90 Å². The van der Waals surface area contributed by atoms with E-state index in [0.29, 0.717) is 6.04 Å². The van der Waals surface area contributed by atoms with Gasteiger partial charge in [0.15, 0.2) is 0 Å². The van der Waals surface area contributed by atoms with Crippen LogP contribution in [-0.4, -0.2) is 24.5 Å². The standard InChI is InChI=1S/C18H24N2/c1-15(12-13-19)20(2)14-16-8-10-18(11-9-16)17-6-4-3-5-7-17/h3-11,15H,12-14,19H2,1-2H3. The van der Waals surface area contributed by atoms with Crippen molar-refractivity contribution in [1.29, 1.82) is 0 Å². The number of rotatable bonds is 6. The lowest BCUT2D eigenvalue weighted by molar-refractivity contribution is 0.240. The summed E-state index contributed by atoms with van der Waals surface area (Å²) in [6.07, 6.45) is 1.04. The molecule has 20 heavy (non-hydrogen) atoms. The molecule has 2 aromatic rings. The fourth-order valence-corrected chi connectivity index (χ4v) is 2.34. The summed E-state index contributed by atoms with van der Waals surface area (Å²) < 4.78 is 0. The molecule has 0 amide bonds. The Labute approximate surface area is 122 Å². The quantitative estimate of drug-likeness (QED) is 0.868. The molecule has 2 rings (SSSR count). The smallest absolute Gasteiger partial charge is 0.0233 e. The fourth-order valence-electron chi connectivity index (χ4n) is 2.34. The molecule has 0 radical (unpaired) electrons. The summed E-state index contributed by atoms with van der Waals surface area (Å²) in [4.78, 5) is 2.35. The molecular weight excluding hydrogens is 244 g/mol. The molecule has 1 atom stereocenters. The van der Waals surface area contributed by atoms with Crippen molar-refractivity contribution in [2.24, 2.45) is 5.73 Å². The van der Waals surface area contributed by atoms with E-state index in [0.717, 1.165) is 19.5 Å². The fraction of sp³-hybridized carbons (Fsp3) is 0.333. The molecule has 2 N–H and O–H groups in total. The highest BCUT2D eigenvalue weighted by atomic mass is 15.1. The summed E-state index contributed by atoms with van der Waals surface area (Å²) in [7, 11) is 2.16. The van der Waals surface area contributed by atoms with Crippen LogP contribution in [0.15, 0.2) is 54.6 Å². The molecule has 0 bridgehead atoms. The number of benzene rings is 2. The summed E-state index contributed by atoms with van der Waals surface area (Å²) in [5.74, 6) is 0. The first-order valence-electron chi connectivity index (χ1n) is 7.25. The van der Waals surface area contributed by atoms with E-state index in [1.54, 1.807) is 0 Å². The third kappa shape index (κ3) is 3.92. The maximum atomic E-state index is 5.62. The molecule has 0 aliphatic carbocycles. The highest BCUT2D eigenvalue weighted by Gasteiger charge is 2.08. The molecule has 0 aliphatic heterocycles. The molecule has 2 heteroatoms. The van der Waals surface area contributed by atoms with Gasteiger partial charge in [-0.25, -0.2) is 0 Å². The molecule has 0 saturated carbocycles. The molecule has 2 nitrogen and oxygen atoms in total. The Kier molecular flexibility index (Phi) is 5.33. The average molecular weight is 268 g/mol. The Hall–Kier alpha value is -1.64. The van der Waals surface area contributed by atoms with Crippen LogP contribution in [0.2, 0.25) is 0 Å². The highest BCUT2D eigenvalue weighted by Crippen LogP contribution is 2.20. The van der Waals surface area contributed by atoms with Crippen LogP contribution in [0.4, 0.5) is 0 Å². The zero-order valence-electron chi connectivity index (χ0n) is 12.4. The first kappa shape index (κ1) is 14.8. The topological polar surface area (TPSA) is 29.3 Å². The van der Waals surface area contributed by atoms with Gasteiger partial charge in [0, 0.05) is 12.6 Å². The highest BCUT2D eigenvalue weighted by molar-refractivity contribution is 5.63. The zero-order valence-corrected chi connectivity index (χ0v) is 12.4. The lowest BCUT2D eigenvalue weighted by Crippen LogP contribution is -2.30. The van der Waals surface area contributed by atoms with Crippen LogP contribution in [0.25, 0.3) is 11.1 Å². The Morgan fingerprint density at radius 3 is 2.15 bits per heavy atom. The maximum Gasteiger partial charge on any atom is 0.0233 e. The van der Waals surface area contributed by atoms with E-state index in [1.807, 2.05) is 6.07 Å². The van der Waals surface area contributed by atoms with Crippen molar-refractivity contribution in [1.82, 2.24) is 4.90 Å². The van der Waals surface area contributed by atoms with Crippen LogP contribution in [0.5, 0.6) is 0 Å². The number of hydrogen-bond donors (Lipinski definition) is 1. The molecule has 1 unspecified atom stereocenters. The van der Waals surface area contributed by atoms with Crippen LogP contribution in [0.1, 0.15) is 18.9 Å². The minimum Gasteiger partial charge on any atom is -0.330 e. The molecule has 106 valence electrons. The van der Waals surface area contributed by atoms with Crippen molar-refractivity contribution in [2.75, 3.05) is 13.6 Å². The van der Waals surface area contributed by atoms with Crippen LogP contribution < -0.4 is 5.73 Å². The van der Waals surface area contributed by atoms with E-state index >= 15 is 0 Å². The van der Waals surface area contributed by atoms with Crippen LogP contribution in [0, 0.1) is 0 Å². The first-order chi connectivity index (χ1) is 9.70. The Balaban J connectivity index is 2.02. The van der Waals surface area contributed by atoms with E-state index in [9.17, 15) is 0 Å².